The molecule has 0 spiro atoms. The normalized spacial score (nSPS) is 26.9. The second-order valence-electron chi connectivity index (χ2n) is 5.59. The summed E-state index contributed by atoms with van der Waals surface area (Å²) in [6.07, 6.45) is 0. The first-order chi connectivity index (χ1) is 8.65. The summed E-state index contributed by atoms with van der Waals surface area (Å²) < 4.78 is 0. The third-order valence-corrected chi connectivity index (χ3v) is 3.92. The van der Waals surface area contributed by atoms with E-state index in [1.54, 1.807) is 0 Å². The van der Waals surface area contributed by atoms with Crippen LogP contribution in [0.3, 0.4) is 0 Å². The number of nitrogens with one attached hydrogen (secondary N) is 2. The second kappa shape index (κ2) is 4.35. The van der Waals surface area contributed by atoms with Crippen LogP contribution in [-0.4, -0.2) is 52.2 Å². The molecule has 0 aromatic carbocycles. The summed E-state index contributed by atoms with van der Waals surface area (Å²) in [5.74, 6) is 2.54. The standard InChI is InChI=1S/C12H19N5O/c1-7(2)10-14-11(16-15-10)12(18)17-5-8-3-13-4-9(8)6-17/h7-9,13H,3-6H2,1-2H3,(H,14,15,16)/t8-,9+. The summed E-state index contributed by atoms with van der Waals surface area (Å²) in [4.78, 5) is 18.4. The van der Waals surface area contributed by atoms with Gasteiger partial charge < -0.3 is 10.2 Å². The van der Waals surface area contributed by atoms with E-state index in [0.717, 1.165) is 32.0 Å². The Hall–Kier alpha value is -1.43. The Labute approximate surface area is 106 Å². The quantitative estimate of drug-likeness (QED) is 0.786. The van der Waals surface area contributed by atoms with Crippen molar-refractivity contribution in [3.63, 3.8) is 0 Å². The molecule has 0 aliphatic carbocycles. The van der Waals surface area contributed by atoms with E-state index in [9.17, 15) is 4.79 Å². The molecular weight excluding hydrogens is 230 g/mol. The summed E-state index contributed by atoms with van der Waals surface area (Å²) in [6, 6.07) is 0. The molecule has 2 atom stereocenters. The minimum Gasteiger partial charge on any atom is -0.335 e. The van der Waals surface area contributed by atoms with Crippen molar-refractivity contribution in [1.29, 1.82) is 0 Å². The molecule has 3 rings (SSSR count). The van der Waals surface area contributed by atoms with Crippen molar-refractivity contribution in [1.82, 2.24) is 25.4 Å². The molecule has 0 unspecified atom stereocenters. The van der Waals surface area contributed by atoms with Crippen molar-refractivity contribution in [3.8, 4) is 0 Å². The van der Waals surface area contributed by atoms with Crippen molar-refractivity contribution in [3.05, 3.63) is 11.6 Å². The van der Waals surface area contributed by atoms with Gasteiger partial charge in [0.15, 0.2) is 0 Å². The first-order valence-corrected chi connectivity index (χ1v) is 6.57. The van der Waals surface area contributed by atoms with Gasteiger partial charge in [-0.05, 0) is 11.8 Å². The molecule has 2 saturated heterocycles. The van der Waals surface area contributed by atoms with Gasteiger partial charge in [0.2, 0.25) is 5.82 Å². The summed E-state index contributed by atoms with van der Waals surface area (Å²) in [6.45, 7) is 7.78. The molecule has 0 radical (unpaired) electrons. The summed E-state index contributed by atoms with van der Waals surface area (Å²) in [7, 11) is 0. The second-order valence-corrected chi connectivity index (χ2v) is 5.59. The number of hydrogen-bond donors (Lipinski definition) is 2. The van der Waals surface area contributed by atoms with Gasteiger partial charge in [0.25, 0.3) is 5.91 Å². The molecule has 1 aromatic heterocycles. The summed E-state index contributed by atoms with van der Waals surface area (Å²) >= 11 is 0. The number of likely N-dealkylation sites (tertiary alicyclic amines) is 1. The molecule has 18 heavy (non-hydrogen) atoms. The Morgan fingerprint density at radius 3 is 2.56 bits per heavy atom. The Bertz CT molecular complexity index is 443. The number of hydrogen-bond acceptors (Lipinski definition) is 4. The largest absolute Gasteiger partial charge is 0.335 e. The van der Waals surface area contributed by atoms with Gasteiger partial charge in [-0.25, -0.2) is 4.98 Å². The Morgan fingerprint density at radius 2 is 2.00 bits per heavy atom. The van der Waals surface area contributed by atoms with Crippen LogP contribution in [0.15, 0.2) is 0 Å². The van der Waals surface area contributed by atoms with Crippen molar-refractivity contribution < 1.29 is 4.79 Å². The monoisotopic (exact) mass is 249 g/mol. The maximum Gasteiger partial charge on any atom is 0.293 e. The minimum absolute atomic E-state index is 0.0347. The number of rotatable bonds is 2. The smallest absolute Gasteiger partial charge is 0.293 e. The van der Waals surface area contributed by atoms with E-state index < -0.39 is 0 Å². The lowest BCUT2D eigenvalue weighted by atomic mass is 10.0. The summed E-state index contributed by atoms with van der Waals surface area (Å²) in [5, 5.41) is 10.2. The number of carbonyl (C=O) groups is 1. The predicted octanol–water partition coefficient (Wildman–Crippen LogP) is 0.220. The molecule has 2 aliphatic heterocycles. The first kappa shape index (κ1) is 11.6. The van der Waals surface area contributed by atoms with Crippen LogP contribution in [-0.2, 0) is 0 Å². The zero-order chi connectivity index (χ0) is 12.7. The molecule has 1 aromatic rings. The third-order valence-electron chi connectivity index (χ3n) is 3.92. The van der Waals surface area contributed by atoms with Crippen LogP contribution in [0.4, 0.5) is 0 Å². The number of aromatic nitrogens is 3. The third kappa shape index (κ3) is 1.90. The van der Waals surface area contributed by atoms with Gasteiger partial charge in [0.05, 0.1) is 0 Å². The van der Waals surface area contributed by atoms with Gasteiger partial charge in [-0.15, -0.1) is 5.10 Å². The Balaban J connectivity index is 1.71. The zero-order valence-corrected chi connectivity index (χ0v) is 10.8. The van der Waals surface area contributed by atoms with Crippen LogP contribution >= 0.6 is 0 Å². The van der Waals surface area contributed by atoms with E-state index >= 15 is 0 Å². The van der Waals surface area contributed by atoms with Gasteiger partial charge in [-0.1, -0.05) is 13.8 Å². The molecule has 0 saturated carbocycles. The van der Waals surface area contributed by atoms with E-state index in [0.29, 0.717) is 17.7 Å². The van der Waals surface area contributed by atoms with Gasteiger partial charge in [0, 0.05) is 32.1 Å². The average Bonchev–Trinajstić information content (AvgIpc) is 3.02. The van der Waals surface area contributed by atoms with Crippen LogP contribution in [0.1, 0.15) is 36.2 Å². The van der Waals surface area contributed by atoms with Crippen molar-refractivity contribution in [2.75, 3.05) is 26.2 Å². The molecule has 1 amide bonds. The minimum atomic E-state index is -0.0347. The van der Waals surface area contributed by atoms with Gasteiger partial charge in [-0.3, -0.25) is 9.89 Å². The van der Waals surface area contributed by atoms with Crippen molar-refractivity contribution >= 4 is 5.91 Å². The van der Waals surface area contributed by atoms with Crippen LogP contribution in [0.25, 0.3) is 0 Å². The molecule has 6 heteroatoms. The van der Waals surface area contributed by atoms with Gasteiger partial charge in [-0.2, -0.15) is 0 Å². The first-order valence-electron chi connectivity index (χ1n) is 6.57. The van der Waals surface area contributed by atoms with E-state index in [-0.39, 0.29) is 11.8 Å². The maximum atomic E-state index is 12.3. The lowest BCUT2D eigenvalue weighted by Crippen LogP contribution is -2.32. The fraction of sp³-hybridized carbons (Fsp3) is 0.750. The summed E-state index contributed by atoms with van der Waals surface area (Å²) in [5.41, 5.74) is 0. The number of fused-ring (bicyclic) bond motifs is 1. The van der Waals surface area contributed by atoms with Crippen LogP contribution in [0.5, 0.6) is 0 Å². The van der Waals surface area contributed by atoms with E-state index in [1.165, 1.54) is 0 Å². The van der Waals surface area contributed by atoms with Crippen molar-refractivity contribution in [2.45, 2.75) is 19.8 Å². The van der Waals surface area contributed by atoms with Gasteiger partial charge in [0.1, 0.15) is 5.82 Å². The number of amides is 1. The van der Waals surface area contributed by atoms with Gasteiger partial charge >= 0.3 is 0 Å². The molecule has 6 nitrogen and oxygen atoms in total. The average molecular weight is 249 g/mol. The highest BCUT2D eigenvalue weighted by atomic mass is 16.2. The zero-order valence-electron chi connectivity index (χ0n) is 10.8. The Morgan fingerprint density at radius 1 is 1.33 bits per heavy atom. The van der Waals surface area contributed by atoms with E-state index in [1.807, 2.05) is 18.7 Å². The highest BCUT2D eigenvalue weighted by Gasteiger charge is 2.39. The van der Waals surface area contributed by atoms with Crippen LogP contribution in [0.2, 0.25) is 0 Å². The highest BCUT2D eigenvalue weighted by molar-refractivity contribution is 5.90. The number of H-pyrrole nitrogens is 1. The highest BCUT2D eigenvalue weighted by Crippen LogP contribution is 2.27. The lowest BCUT2D eigenvalue weighted by molar-refractivity contribution is 0.0770. The SMILES string of the molecule is CC(C)c1nc(C(=O)N2C[C@H]3CNC[C@H]3C2)n[nH]1. The van der Waals surface area contributed by atoms with Crippen molar-refractivity contribution in [2.24, 2.45) is 11.8 Å². The van der Waals surface area contributed by atoms with Crippen LogP contribution < -0.4 is 5.32 Å². The van der Waals surface area contributed by atoms with E-state index in [2.05, 4.69) is 20.5 Å². The van der Waals surface area contributed by atoms with E-state index in [4.69, 9.17) is 0 Å². The lowest BCUT2D eigenvalue weighted by Gasteiger charge is -2.15. The Kier molecular flexibility index (Phi) is 2.81. The number of nitrogens with zero attached hydrogens (tertiary/aromatic N) is 3. The molecule has 0 bridgehead atoms. The fourth-order valence-corrected chi connectivity index (χ4v) is 2.79. The topological polar surface area (TPSA) is 73.9 Å². The molecule has 2 aliphatic rings. The molecule has 98 valence electrons. The number of carbonyl (C=O) groups excluding carboxylic acids is 1. The predicted molar refractivity (Wildman–Crippen MR) is 66.2 cm³/mol. The maximum absolute atomic E-state index is 12.3. The molecule has 2 fully saturated rings. The van der Waals surface area contributed by atoms with Crippen LogP contribution in [0, 0.1) is 11.8 Å². The fourth-order valence-electron chi connectivity index (χ4n) is 2.79. The molecular formula is C12H19N5O. The number of aromatic amines is 1. The molecule has 2 N–H and O–H groups in total. The molecule has 3 heterocycles.